The Labute approximate surface area is 174 Å². The smallest absolute Gasteiger partial charge is 0.175 e. The van der Waals surface area contributed by atoms with E-state index >= 15 is 0 Å². The van der Waals surface area contributed by atoms with Gasteiger partial charge in [0, 0.05) is 10.6 Å². The van der Waals surface area contributed by atoms with Gasteiger partial charge >= 0.3 is 0 Å². The zero-order valence-corrected chi connectivity index (χ0v) is 16.7. The first kappa shape index (κ1) is 17.4. The van der Waals surface area contributed by atoms with Crippen molar-refractivity contribution in [2.75, 3.05) is 0 Å². The molecule has 0 radical (unpaired) electrons. The van der Waals surface area contributed by atoms with Gasteiger partial charge in [-0.25, -0.2) is 9.67 Å². The van der Waals surface area contributed by atoms with Crippen LogP contribution in [0.5, 0.6) is 0 Å². The molecule has 0 unspecified atom stereocenters. The largest absolute Gasteiger partial charge is 0.265 e. The standard InChI is InChI=1S/C19H11Cl3N6/c1-10-2-4-12(7-15(10)21)28-18-13(8-24-28)19-26-25-17(27(19)9-23-18)11-3-5-14(20)16(22)6-11/h2-9H,1H3. The molecule has 0 aliphatic heterocycles. The van der Waals surface area contributed by atoms with Crippen molar-refractivity contribution >= 4 is 51.5 Å². The summed E-state index contributed by atoms with van der Waals surface area (Å²) in [4.78, 5) is 4.58. The van der Waals surface area contributed by atoms with Crippen LogP contribution in [-0.2, 0) is 0 Å². The fourth-order valence-corrected chi connectivity index (χ4v) is 3.53. The average Bonchev–Trinajstić information content (AvgIpc) is 3.30. The summed E-state index contributed by atoms with van der Waals surface area (Å²) >= 11 is 18.4. The lowest BCUT2D eigenvalue weighted by Crippen LogP contribution is -1.99. The Morgan fingerprint density at radius 1 is 0.857 bits per heavy atom. The quantitative estimate of drug-likeness (QED) is 0.377. The summed E-state index contributed by atoms with van der Waals surface area (Å²) in [6, 6.07) is 11.1. The molecular weight excluding hydrogens is 419 g/mol. The van der Waals surface area contributed by atoms with E-state index in [-0.39, 0.29) is 0 Å². The average molecular weight is 430 g/mol. The summed E-state index contributed by atoms with van der Waals surface area (Å²) in [7, 11) is 0. The number of benzene rings is 2. The van der Waals surface area contributed by atoms with Crippen LogP contribution in [0, 0.1) is 6.92 Å². The molecule has 3 aromatic heterocycles. The molecule has 5 aromatic rings. The summed E-state index contributed by atoms with van der Waals surface area (Å²) in [6.45, 7) is 1.95. The minimum absolute atomic E-state index is 0.453. The summed E-state index contributed by atoms with van der Waals surface area (Å²) in [5.74, 6) is 0.620. The van der Waals surface area contributed by atoms with E-state index in [4.69, 9.17) is 34.8 Å². The summed E-state index contributed by atoms with van der Waals surface area (Å²) in [5.41, 5.74) is 3.93. The molecule has 0 saturated carbocycles. The molecule has 6 nitrogen and oxygen atoms in total. The van der Waals surface area contributed by atoms with Crippen LogP contribution in [0.15, 0.2) is 48.9 Å². The van der Waals surface area contributed by atoms with Crippen LogP contribution >= 0.6 is 34.8 Å². The number of hydrogen-bond acceptors (Lipinski definition) is 4. The van der Waals surface area contributed by atoms with Crippen molar-refractivity contribution in [3.8, 4) is 17.1 Å². The number of nitrogens with zero attached hydrogens (tertiary/aromatic N) is 6. The molecule has 9 heteroatoms. The minimum atomic E-state index is 0.453. The Bertz CT molecular complexity index is 1270. The Kier molecular flexibility index (Phi) is 4.01. The highest BCUT2D eigenvalue weighted by molar-refractivity contribution is 6.42. The van der Waals surface area contributed by atoms with E-state index in [0.717, 1.165) is 22.2 Å². The van der Waals surface area contributed by atoms with Crippen molar-refractivity contribution in [2.24, 2.45) is 0 Å². The van der Waals surface area contributed by atoms with Gasteiger partial charge in [-0.3, -0.25) is 4.40 Å². The molecule has 0 atom stereocenters. The van der Waals surface area contributed by atoms with Crippen molar-refractivity contribution in [3.63, 3.8) is 0 Å². The second kappa shape index (κ2) is 6.44. The van der Waals surface area contributed by atoms with E-state index in [1.165, 1.54) is 0 Å². The van der Waals surface area contributed by atoms with Gasteiger partial charge < -0.3 is 0 Å². The van der Waals surface area contributed by atoms with Crippen LogP contribution in [0.1, 0.15) is 5.56 Å². The van der Waals surface area contributed by atoms with Gasteiger partial charge in [-0.05, 0) is 42.8 Å². The fourth-order valence-electron chi connectivity index (χ4n) is 3.06. The molecule has 0 amide bonds. The van der Waals surface area contributed by atoms with Gasteiger partial charge in [0.2, 0.25) is 0 Å². The normalized spacial score (nSPS) is 11.6. The minimum Gasteiger partial charge on any atom is -0.265 e. The first-order valence-electron chi connectivity index (χ1n) is 8.32. The number of aryl methyl sites for hydroxylation is 1. The molecule has 0 N–H and O–H groups in total. The van der Waals surface area contributed by atoms with Crippen LogP contribution in [0.25, 0.3) is 33.8 Å². The number of aromatic nitrogens is 6. The third-order valence-electron chi connectivity index (χ3n) is 4.55. The lowest BCUT2D eigenvalue weighted by Gasteiger charge is -2.06. The predicted molar refractivity (Wildman–Crippen MR) is 111 cm³/mol. The zero-order valence-electron chi connectivity index (χ0n) is 14.4. The second-order valence-electron chi connectivity index (χ2n) is 6.32. The molecule has 0 fully saturated rings. The van der Waals surface area contributed by atoms with Crippen LogP contribution in [-0.4, -0.2) is 29.4 Å². The van der Waals surface area contributed by atoms with Gasteiger partial charge in [-0.1, -0.05) is 40.9 Å². The van der Waals surface area contributed by atoms with E-state index in [2.05, 4.69) is 20.3 Å². The van der Waals surface area contributed by atoms with Crippen LogP contribution in [0.4, 0.5) is 0 Å². The van der Waals surface area contributed by atoms with Gasteiger partial charge in [-0.2, -0.15) is 5.10 Å². The highest BCUT2D eigenvalue weighted by Crippen LogP contribution is 2.29. The monoisotopic (exact) mass is 428 g/mol. The molecule has 5 rings (SSSR count). The van der Waals surface area contributed by atoms with Crippen molar-refractivity contribution in [1.82, 2.24) is 29.4 Å². The molecule has 28 heavy (non-hydrogen) atoms. The molecule has 0 spiro atoms. The Balaban J connectivity index is 1.69. The topological polar surface area (TPSA) is 60.9 Å². The first-order chi connectivity index (χ1) is 13.5. The van der Waals surface area contributed by atoms with Crippen molar-refractivity contribution in [2.45, 2.75) is 6.92 Å². The number of hydrogen-bond donors (Lipinski definition) is 0. The Morgan fingerprint density at radius 2 is 1.71 bits per heavy atom. The lowest BCUT2D eigenvalue weighted by atomic mass is 10.2. The van der Waals surface area contributed by atoms with Gasteiger partial charge in [0.1, 0.15) is 6.33 Å². The summed E-state index contributed by atoms with van der Waals surface area (Å²) in [6.07, 6.45) is 3.39. The van der Waals surface area contributed by atoms with Crippen LogP contribution < -0.4 is 0 Å². The highest BCUT2D eigenvalue weighted by atomic mass is 35.5. The van der Waals surface area contributed by atoms with Gasteiger partial charge in [-0.15, -0.1) is 10.2 Å². The van der Waals surface area contributed by atoms with E-state index in [1.54, 1.807) is 33.7 Å². The SMILES string of the molecule is Cc1ccc(-n2ncc3c2ncn2c(-c4ccc(Cl)c(Cl)c4)nnc32)cc1Cl. The molecule has 2 aromatic carbocycles. The number of halogens is 3. The van der Waals surface area contributed by atoms with Crippen LogP contribution in [0.3, 0.4) is 0 Å². The Hall–Kier alpha value is -2.67. The predicted octanol–water partition coefficient (Wildman–Crippen LogP) is 5.40. The number of rotatable bonds is 2. The molecule has 0 bridgehead atoms. The molecule has 0 aliphatic carbocycles. The molecule has 0 saturated heterocycles. The van der Waals surface area contributed by atoms with Crippen molar-refractivity contribution in [3.05, 3.63) is 69.6 Å². The van der Waals surface area contributed by atoms with E-state index in [9.17, 15) is 0 Å². The van der Waals surface area contributed by atoms with E-state index in [1.807, 2.05) is 31.2 Å². The Morgan fingerprint density at radius 3 is 2.50 bits per heavy atom. The van der Waals surface area contributed by atoms with E-state index in [0.29, 0.717) is 32.2 Å². The van der Waals surface area contributed by atoms with Gasteiger partial charge in [0.05, 0.1) is 27.3 Å². The second-order valence-corrected chi connectivity index (χ2v) is 7.54. The zero-order chi connectivity index (χ0) is 19.4. The molecule has 3 heterocycles. The third kappa shape index (κ3) is 2.64. The third-order valence-corrected chi connectivity index (χ3v) is 5.70. The lowest BCUT2D eigenvalue weighted by molar-refractivity contribution is 0.893. The molecular formula is C19H11Cl3N6. The molecule has 0 aliphatic rings. The maximum atomic E-state index is 6.26. The fraction of sp³-hybridized carbons (Fsp3) is 0.0526. The first-order valence-corrected chi connectivity index (χ1v) is 9.46. The number of fused-ring (bicyclic) bond motifs is 3. The summed E-state index contributed by atoms with van der Waals surface area (Å²) < 4.78 is 3.53. The van der Waals surface area contributed by atoms with E-state index < -0.39 is 0 Å². The summed E-state index contributed by atoms with van der Waals surface area (Å²) in [5, 5.41) is 15.5. The van der Waals surface area contributed by atoms with Gasteiger partial charge in [0.25, 0.3) is 0 Å². The van der Waals surface area contributed by atoms with Crippen molar-refractivity contribution in [1.29, 1.82) is 0 Å². The highest BCUT2D eigenvalue weighted by Gasteiger charge is 2.16. The van der Waals surface area contributed by atoms with Gasteiger partial charge in [0.15, 0.2) is 17.1 Å². The maximum absolute atomic E-state index is 6.26. The van der Waals surface area contributed by atoms with Crippen molar-refractivity contribution < 1.29 is 0 Å². The molecule has 138 valence electrons. The van der Waals surface area contributed by atoms with Crippen LogP contribution in [0.2, 0.25) is 15.1 Å². The maximum Gasteiger partial charge on any atom is 0.175 e.